The van der Waals surface area contributed by atoms with Gasteiger partial charge >= 0.3 is 0 Å². The van der Waals surface area contributed by atoms with Crippen LogP contribution in [0.25, 0.3) is 0 Å². The van der Waals surface area contributed by atoms with Crippen molar-refractivity contribution in [1.29, 1.82) is 0 Å². The number of sulfonamides is 1. The minimum atomic E-state index is -3.63. The number of ether oxygens (including phenoxy) is 1. The molecular formula is C12H20N4O3S. The highest BCUT2D eigenvalue weighted by molar-refractivity contribution is 7.89. The predicted molar refractivity (Wildman–Crippen MR) is 75.0 cm³/mol. The Bertz CT molecular complexity index is 538. The van der Waals surface area contributed by atoms with Gasteiger partial charge in [0.25, 0.3) is 0 Å². The van der Waals surface area contributed by atoms with Crippen LogP contribution in [0.2, 0.25) is 0 Å². The topological polar surface area (TPSA) is 93.2 Å². The molecule has 1 aliphatic rings. The van der Waals surface area contributed by atoms with Crippen LogP contribution in [-0.4, -0.2) is 43.7 Å². The van der Waals surface area contributed by atoms with Gasteiger partial charge in [-0.2, -0.15) is 0 Å². The van der Waals surface area contributed by atoms with Crippen molar-refractivity contribution in [3.8, 4) is 0 Å². The van der Waals surface area contributed by atoms with Crippen LogP contribution in [0.15, 0.2) is 17.3 Å². The van der Waals surface area contributed by atoms with Crippen molar-refractivity contribution in [2.24, 2.45) is 0 Å². The van der Waals surface area contributed by atoms with E-state index in [-0.39, 0.29) is 4.90 Å². The van der Waals surface area contributed by atoms with E-state index in [0.717, 1.165) is 12.8 Å². The molecule has 1 saturated heterocycles. The van der Waals surface area contributed by atoms with Crippen molar-refractivity contribution in [2.75, 3.05) is 25.1 Å². The molecule has 0 saturated carbocycles. The first-order valence-electron chi connectivity index (χ1n) is 6.63. The summed E-state index contributed by atoms with van der Waals surface area (Å²) in [5.74, 6) is 0.415. The molecule has 1 aromatic rings. The fraction of sp³-hybridized carbons (Fsp3) is 0.667. The van der Waals surface area contributed by atoms with Crippen molar-refractivity contribution >= 4 is 16.0 Å². The van der Waals surface area contributed by atoms with Gasteiger partial charge in [-0.15, -0.1) is 0 Å². The highest BCUT2D eigenvalue weighted by Crippen LogP contribution is 2.21. The molecule has 1 atom stereocenters. The van der Waals surface area contributed by atoms with Gasteiger partial charge in [0.05, 0.1) is 24.5 Å². The fourth-order valence-corrected chi connectivity index (χ4v) is 3.41. The van der Waals surface area contributed by atoms with Crippen LogP contribution in [0.3, 0.4) is 0 Å². The SMILES string of the molecule is CCNc1ncc(S(=O)(=O)NC2(C)CCCOC2)cn1. The van der Waals surface area contributed by atoms with E-state index in [4.69, 9.17) is 4.74 Å². The molecule has 7 nitrogen and oxygen atoms in total. The maximum absolute atomic E-state index is 12.3. The number of nitrogens with zero attached hydrogens (tertiary/aromatic N) is 2. The summed E-state index contributed by atoms with van der Waals surface area (Å²) in [6.07, 6.45) is 4.21. The Hall–Kier alpha value is -1.25. The smallest absolute Gasteiger partial charge is 0.244 e. The van der Waals surface area contributed by atoms with E-state index in [1.807, 2.05) is 13.8 Å². The molecule has 20 heavy (non-hydrogen) atoms. The first-order chi connectivity index (χ1) is 9.45. The highest BCUT2D eigenvalue weighted by Gasteiger charge is 2.33. The summed E-state index contributed by atoms with van der Waals surface area (Å²) in [5.41, 5.74) is -0.572. The number of rotatable bonds is 5. The van der Waals surface area contributed by atoms with Gasteiger partial charge in [-0.05, 0) is 26.7 Å². The minimum absolute atomic E-state index is 0.0611. The lowest BCUT2D eigenvalue weighted by Gasteiger charge is -2.33. The Balaban J connectivity index is 2.13. The van der Waals surface area contributed by atoms with Crippen molar-refractivity contribution in [2.45, 2.75) is 37.1 Å². The van der Waals surface area contributed by atoms with E-state index in [1.54, 1.807) is 0 Å². The Morgan fingerprint density at radius 1 is 1.40 bits per heavy atom. The lowest BCUT2D eigenvalue weighted by atomic mass is 9.97. The Kier molecular flexibility index (Phi) is 4.56. The lowest BCUT2D eigenvalue weighted by Crippen LogP contribution is -2.51. The third-order valence-corrected chi connectivity index (χ3v) is 4.68. The van der Waals surface area contributed by atoms with Crippen LogP contribution in [-0.2, 0) is 14.8 Å². The molecule has 0 amide bonds. The summed E-state index contributed by atoms with van der Waals surface area (Å²) in [5, 5.41) is 2.92. The summed E-state index contributed by atoms with van der Waals surface area (Å²) >= 11 is 0. The second-order valence-corrected chi connectivity index (χ2v) is 6.78. The largest absolute Gasteiger partial charge is 0.380 e. The molecule has 0 spiro atoms. The third kappa shape index (κ3) is 3.65. The van der Waals surface area contributed by atoms with E-state index in [1.165, 1.54) is 12.4 Å². The van der Waals surface area contributed by atoms with Crippen LogP contribution in [0, 0.1) is 0 Å². The second kappa shape index (κ2) is 6.02. The molecule has 112 valence electrons. The molecule has 2 rings (SSSR count). The number of anilines is 1. The van der Waals surface area contributed by atoms with Gasteiger partial charge in [0, 0.05) is 13.2 Å². The highest BCUT2D eigenvalue weighted by atomic mass is 32.2. The van der Waals surface area contributed by atoms with Crippen molar-refractivity contribution in [3.63, 3.8) is 0 Å². The summed E-state index contributed by atoms with van der Waals surface area (Å²) in [7, 11) is -3.63. The van der Waals surface area contributed by atoms with Gasteiger partial charge in [0.2, 0.25) is 16.0 Å². The molecule has 1 unspecified atom stereocenters. The average molecular weight is 300 g/mol. The number of hydrogen-bond acceptors (Lipinski definition) is 6. The molecule has 0 radical (unpaired) electrons. The lowest BCUT2D eigenvalue weighted by molar-refractivity contribution is 0.0386. The Morgan fingerprint density at radius 3 is 2.65 bits per heavy atom. The van der Waals surface area contributed by atoms with Crippen molar-refractivity contribution in [3.05, 3.63) is 12.4 Å². The van der Waals surface area contributed by atoms with Gasteiger partial charge in [-0.1, -0.05) is 0 Å². The van der Waals surface area contributed by atoms with Crippen molar-refractivity contribution < 1.29 is 13.2 Å². The Morgan fingerprint density at radius 2 is 2.10 bits per heavy atom. The fourth-order valence-electron chi connectivity index (χ4n) is 2.10. The summed E-state index contributed by atoms with van der Waals surface area (Å²) in [6, 6.07) is 0. The molecule has 0 aromatic carbocycles. The summed E-state index contributed by atoms with van der Waals surface area (Å²) in [4.78, 5) is 8.02. The molecule has 8 heteroatoms. The molecule has 2 N–H and O–H groups in total. The van der Waals surface area contributed by atoms with E-state index < -0.39 is 15.6 Å². The second-order valence-electron chi connectivity index (χ2n) is 5.10. The van der Waals surface area contributed by atoms with E-state index in [2.05, 4.69) is 20.0 Å². The average Bonchev–Trinajstić information content (AvgIpc) is 2.39. The number of hydrogen-bond donors (Lipinski definition) is 2. The zero-order valence-electron chi connectivity index (χ0n) is 11.7. The van der Waals surface area contributed by atoms with Crippen molar-refractivity contribution in [1.82, 2.24) is 14.7 Å². The minimum Gasteiger partial charge on any atom is -0.380 e. The zero-order valence-corrected chi connectivity index (χ0v) is 12.5. The summed E-state index contributed by atoms with van der Waals surface area (Å²) < 4.78 is 32.7. The first kappa shape index (κ1) is 15.1. The van der Waals surface area contributed by atoms with Crippen LogP contribution >= 0.6 is 0 Å². The van der Waals surface area contributed by atoms with Gasteiger partial charge in [0.15, 0.2) is 0 Å². The van der Waals surface area contributed by atoms with Crippen LogP contribution in [0.5, 0.6) is 0 Å². The van der Waals surface area contributed by atoms with E-state index in [0.29, 0.717) is 25.7 Å². The number of aromatic nitrogens is 2. The predicted octanol–water partition coefficient (Wildman–Crippen LogP) is 0.756. The quantitative estimate of drug-likeness (QED) is 0.834. The number of nitrogens with one attached hydrogen (secondary N) is 2. The molecule has 0 bridgehead atoms. The molecule has 1 aliphatic heterocycles. The van der Waals surface area contributed by atoms with Gasteiger partial charge < -0.3 is 10.1 Å². The zero-order chi connectivity index (χ0) is 14.6. The van der Waals surface area contributed by atoms with Crippen LogP contribution in [0.4, 0.5) is 5.95 Å². The van der Waals surface area contributed by atoms with E-state index in [9.17, 15) is 8.42 Å². The van der Waals surface area contributed by atoms with Crippen LogP contribution in [0.1, 0.15) is 26.7 Å². The standard InChI is InChI=1S/C12H20N4O3S/c1-3-13-11-14-7-10(8-15-11)20(17,18)16-12(2)5-4-6-19-9-12/h7-8,16H,3-6,9H2,1-2H3,(H,13,14,15). The third-order valence-electron chi connectivity index (χ3n) is 3.09. The van der Waals surface area contributed by atoms with Gasteiger partial charge in [-0.25, -0.2) is 23.1 Å². The molecule has 1 aromatic heterocycles. The molecule has 2 heterocycles. The van der Waals surface area contributed by atoms with Crippen LogP contribution < -0.4 is 10.0 Å². The molecule has 1 fully saturated rings. The van der Waals surface area contributed by atoms with Gasteiger partial charge in [-0.3, -0.25) is 0 Å². The maximum Gasteiger partial charge on any atom is 0.244 e. The van der Waals surface area contributed by atoms with E-state index >= 15 is 0 Å². The Labute approximate surface area is 119 Å². The molecular weight excluding hydrogens is 280 g/mol. The maximum atomic E-state index is 12.3. The van der Waals surface area contributed by atoms with Gasteiger partial charge in [0.1, 0.15) is 4.90 Å². The normalized spacial score (nSPS) is 23.5. The summed E-state index contributed by atoms with van der Waals surface area (Å²) in [6.45, 7) is 5.50. The molecule has 0 aliphatic carbocycles. The first-order valence-corrected chi connectivity index (χ1v) is 8.11. The monoisotopic (exact) mass is 300 g/mol.